The molecule has 1 aromatic heterocycles. The van der Waals surface area contributed by atoms with Gasteiger partial charge in [-0.05, 0) is 171 Å². The molecule has 0 bridgehead atoms. The average Bonchev–Trinajstić information content (AvgIpc) is 3.68. The molecule has 0 spiro atoms. The standard InChI is InChI=1S/C66H57N/c1-63(2)53-25-17-18-26-54(53)64(3,4)58-38-49-47(36-57(58)63)45-23-15-16-24-46(45)48-37-60-59(39-50(48)49)65(5,6)55-30-27-43(35-56(55)66(60,7)8)42-29-32-62-52(34-42)51-33-41(40-19-11-9-12-20-40)28-31-61(51)67(62)44-21-13-10-14-22-44/h9-39,55-56H,1-8H3. The van der Waals surface area contributed by atoms with Gasteiger partial charge in [-0.1, -0.05) is 183 Å². The Labute approximate surface area is 395 Å². The van der Waals surface area contributed by atoms with E-state index in [1.807, 2.05) is 0 Å². The van der Waals surface area contributed by atoms with Crippen molar-refractivity contribution in [2.75, 3.05) is 0 Å². The van der Waals surface area contributed by atoms with Crippen LogP contribution in [-0.4, -0.2) is 4.57 Å². The van der Waals surface area contributed by atoms with E-state index in [0.717, 1.165) is 0 Å². The monoisotopic (exact) mass is 863 g/mol. The van der Waals surface area contributed by atoms with Gasteiger partial charge in [0.05, 0.1) is 11.0 Å². The molecular weight excluding hydrogens is 807 g/mol. The third kappa shape index (κ3) is 5.55. The maximum Gasteiger partial charge on any atom is 0.0541 e. The van der Waals surface area contributed by atoms with Crippen LogP contribution in [0.3, 0.4) is 0 Å². The molecule has 0 fully saturated rings. The first-order valence-corrected chi connectivity index (χ1v) is 24.4. The van der Waals surface area contributed by atoms with Gasteiger partial charge in [0, 0.05) is 27.3 Å². The first-order valence-electron chi connectivity index (χ1n) is 24.4. The molecule has 67 heavy (non-hydrogen) atoms. The third-order valence-corrected chi connectivity index (χ3v) is 17.2. The van der Waals surface area contributed by atoms with Crippen molar-refractivity contribution in [3.05, 3.63) is 227 Å². The van der Waals surface area contributed by atoms with Gasteiger partial charge in [-0.25, -0.2) is 0 Å². The van der Waals surface area contributed by atoms with Gasteiger partial charge in [-0.3, -0.25) is 0 Å². The summed E-state index contributed by atoms with van der Waals surface area (Å²) < 4.78 is 2.43. The molecule has 0 aliphatic heterocycles. The summed E-state index contributed by atoms with van der Waals surface area (Å²) in [6.07, 6.45) is 7.64. The van der Waals surface area contributed by atoms with Gasteiger partial charge in [0.25, 0.3) is 0 Å². The van der Waals surface area contributed by atoms with Crippen molar-refractivity contribution in [1.29, 1.82) is 0 Å². The van der Waals surface area contributed by atoms with E-state index in [0.29, 0.717) is 11.8 Å². The maximum absolute atomic E-state index is 2.64. The number of aromatic nitrogens is 1. The topological polar surface area (TPSA) is 4.93 Å². The molecule has 9 aromatic carbocycles. The molecule has 2 atom stereocenters. The van der Waals surface area contributed by atoms with Gasteiger partial charge in [-0.15, -0.1) is 0 Å². The lowest BCUT2D eigenvalue weighted by atomic mass is 9.51. The second-order valence-electron chi connectivity index (χ2n) is 22.2. The highest BCUT2D eigenvalue weighted by Crippen LogP contribution is 2.58. The zero-order valence-electron chi connectivity index (χ0n) is 40.0. The zero-order valence-corrected chi connectivity index (χ0v) is 40.0. The van der Waals surface area contributed by atoms with Gasteiger partial charge in [0.2, 0.25) is 0 Å². The predicted molar refractivity (Wildman–Crippen MR) is 286 cm³/mol. The molecular formula is C66H57N. The van der Waals surface area contributed by atoms with Crippen LogP contribution in [0, 0.1) is 11.8 Å². The summed E-state index contributed by atoms with van der Waals surface area (Å²) in [5.41, 5.74) is 17.0. The van der Waals surface area contributed by atoms with Gasteiger partial charge in [0.15, 0.2) is 0 Å². The fraction of sp³-hybridized carbons (Fsp3) is 0.212. The number of allylic oxidation sites excluding steroid dienone is 4. The number of fused-ring (bicyclic) bond motifs is 13. The highest BCUT2D eigenvalue weighted by Gasteiger charge is 2.50. The SMILES string of the molecule is CC1(C)c2ccccc2C(C)(C)c2cc3c(cc21)c1ccccc1c1cc2c(cc31)C(C)(C)C1C=CC(c3ccc4c(c3)c3cc(-c5ccccc5)ccc3n4-c3ccccc3)=CC1C2(C)C. The summed E-state index contributed by atoms with van der Waals surface area (Å²) in [4.78, 5) is 0. The second-order valence-corrected chi connectivity index (χ2v) is 22.2. The Morgan fingerprint density at radius 2 is 0.791 bits per heavy atom. The van der Waals surface area contributed by atoms with E-state index >= 15 is 0 Å². The lowest BCUT2D eigenvalue weighted by Gasteiger charge is -2.53. The van der Waals surface area contributed by atoms with Crippen LogP contribution in [0.4, 0.5) is 0 Å². The summed E-state index contributed by atoms with van der Waals surface area (Å²) in [6.45, 7) is 19.8. The predicted octanol–water partition coefficient (Wildman–Crippen LogP) is 17.3. The second kappa shape index (κ2) is 13.8. The highest BCUT2D eigenvalue weighted by atomic mass is 15.0. The summed E-state index contributed by atoms with van der Waals surface area (Å²) in [5, 5.41) is 10.7. The maximum atomic E-state index is 2.64. The van der Waals surface area contributed by atoms with Crippen LogP contribution in [0.15, 0.2) is 188 Å². The van der Waals surface area contributed by atoms with E-state index in [1.165, 1.54) is 115 Å². The van der Waals surface area contributed by atoms with Crippen molar-refractivity contribution >= 4 is 59.7 Å². The van der Waals surface area contributed by atoms with Crippen LogP contribution in [0.5, 0.6) is 0 Å². The Morgan fingerprint density at radius 3 is 1.36 bits per heavy atom. The van der Waals surface area contributed by atoms with E-state index < -0.39 is 0 Å². The summed E-state index contributed by atoms with van der Waals surface area (Å²) in [7, 11) is 0. The largest absolute Gasteiger partial charge is 0.309 e. The number of nitrogens with zero attached hydrogens (tertiary/aromatic N) is 1. The molecule has 3 aliphatic rings. The average molecular weight is 864 g/mol. The zero-order chi connectivity index (χ0) is 45.8. The van der Waals surface area contributed by atoms with Crippen molar-refractivity contribution in [2.24, 2.45) is 11.8 Å². The molecule has 0 N–H and O–H groups in total. The molecule has 0 radical (unpaired) electrons. The van der Waals surface area contributed by atoms with Crippen molar-refractivity contribution in [1.82, 2.24) is 4.57 Å². The molecule has 1 heteroatoms. The first-order chi connectivity index (χ1) is 32.2. The van der Waals surface area contributed by atoms with Crippen LogP contribution < -0.4 is 0 Å². The Kier molecular flexibility index (Phi) is 8.31. The molecule has 13 rings (SSSR count). The smallest absolute Gasteiger partial charge is 0.0541 e. The van der Waals surface area contributed by atoms with Crippen LogP contribution in [-0.2, 0) is 21.7 Å². The Hall–Kier alpha value is -6.96. The van der Waals surface area contributed by atoms with Crippen LogP contribution >= 0.6 is 0 Å². The molecule has 0 saturated heterocycles. The highest BCUT2D eigenvalue weighted by molar-refractivity contribution is 6.26. The number of benzene rings is 9. The molecule has 0 saturated carbocycles. The minimum Gasteiger partial charge on any atom is -0.309 e. The van der Waals surface area contributed by atoms with Crippen molar-refractivity contribution in [3.63, 3.8) is 0 Å². The summed E-state index contributed by atoms with van der Waals surface area (Å²) in [6, 6.07) is 64.5. The van der Waals surface area contributed by atoms with Crippen molar-refractivity contribution < 1.29 is 0 Å². The summed E-state index contributed by atoms with van der Waals surface area (Å²) >= 11 is 0. The van der Waals surface area contributed by atoms with Gasteiger partial charge >= 0.3 is 0 Å². The molecule has 3 aliphatic carbocycles. The molecule has 326 valence electrons. The van der Waals surface area contributed by atoms with Gasteiger partial charge in [-0.2, -0.15) is 0 Å². The minimum atomic E-state index is -0.126. The van der Waals surface area contributed by atoms with Crippen LogP contribution in [0.2, 0.25) is 0 Å². The number of para-hydroxylation sites is 1. The van der Waals surface area contributed by atoms with E-state index in [9.17, 15) is 0 Å². The fourth-order valence-electron chi connectivity index (χ4n) is 13.5. The van der Waals surface area contributed by atoms with Crippen molar-refractivity contribution in [3.8, 4) is 16.8 Å². The quantitative estimate of drug-likeness (QED) is 0.156. The minimum absolute atomic E-state index is 0.102. The Balaban J connectivity index is 0.982. The molecule has 1 nitrogen and oxygen atoms in total. The molecule has 0 amide bonds. The Morgan fingerprint density at radius 1 is 0.343 bits per heavy atom. The molecule has 10 aromatic rings. The summed E-state index contributed by atoms with van der Waals surface area (Å²) in [5.74, 6) is 0.643. The van der Waals surface area contributed by atoms with E-state index in [-0.39, 0.29) is 21.7 Å². The number of hydrogen-bond donors (Lipinski definition) is 0. The van der Waals surface area contributed by atoms with Crippen molar-refractivity contribution in [2.45, 2.75) is 77.0 Å². The first kappa shape index (κ1) is 40.3. The van der Waals surface area contributed by atoms with Gasteiger partial charge in [0.1, 0.15) is 0 Å². The number of rotatable bonds is 3. The molecule has 2 unspecified atom stereocenters. The number of hydrogen-bond acceptors (Lipinski definition) is 0. The van der Waals surface area contributed by atoms with Gasteiger partial charge < -0.3 is 4.57 Å². The fourth-order valence-corrected chi connectivity index (χ4v) is 13.5. The lowest BCUT2D eigenvalue weighted by molar-refractivity contribution is 0.191. The normalized spacial score (nSPS) is 19.6. The Bertz CT molecular complexity index is 3790. The lowest BCUT2D eigenvalue weighted by Crippen LogP contribution is -2.48. The third-order valence-electron chi connectivity index (χ3n) is 17.2. The van der Waals surface area contributed by atoms with E-state index in [2.05, 4.69) is 248 Å². The van der Waals surface area contributed by atoms with Crippen LogP contribution in [0.25, 0.3) is 76.5 Å². The van der Waals surface area contributed by atoms with E-state index in [1.54, 1.807) is 0 Å². The molecule has 1 heterocycles. The van der Waals surface area contributed by atoms with Crippen LogP contribution in [0.1, 0.15) is 94.3 Å². The van der Waals surface area contributed by atoms with E-state index in [4.69, 9.17) is 0 Å².